The third-order valence-electron chi connectivity index (χ3n) is 6.31. The number of nitrogens with zero attached hydrogens (tertiary/aromatic N) is 4. The van der Waals surface area contributed by atoms with E-state index in [4.69, 9.17) is 10.6 Å². The third-order valence-corrected chi connectivity index (χ3v) is 6.31. The van der Waals surface area contributed by atoms with E-state index in [9.17, 15) is 9.70 Å². The second-order valence-electron chi connectivity index (χ2n) is 8.40. The minimum atomic E-state index is -0.908. The molecule has 0 saturated carbocycles. The number of hydrazine groups is 2. The van der Waals surface area contributed by atoms with Gasteiger partial charge in [-0.05, 0) is 25.3 Å². The number of urea groups is 1. The highest BCUT2D eigenvalue weighted by molar-refractivity contribution is 5.89. The van der Waals surface area contributed by atoms with Crippen molar-refractivity contribution in [3.05, 3.63) is 52.1 Å². The van der Waals surface area contributed by atoms with Crippen LogP contribution in [0.3, 0.4) is 0 Å². The Morgan fingerprint density at radius 3 is 2.84 bits per heavy atom. The van der Waals surface area contributed by atoms with Crippen LogP contribution in [0.5, 0.6) is 0 Å². The van der Waals surface area contributed by atoms with Crippen molar-refractivity contribution < 1.29 is 9.53 Å². The summed E-state index contributed by atoms with van der Waals surface area (Å²) in [7, 11) is 0. The lowest BCUT2D eigenvalue weighted by atomic mass is 9.92. The van der Waals surface area contributed by atoms with Crippen LogP contribution in [0.2, 0.25) is 0 Å². The minimum Gasteiger partial charge on any atom is -0.381 e. The number of nitrogens with two attached hydrogens (primary N) is 1. The summed E-state index contributed by atoms with van der Waals surface area (Å²) in [5.41, 5.74) is 7.39. The van der Waals surface area contributed by atoms with Gasteiger partial charge in [0.15, 0.2) is 6.29 Å². The monoisotopic (exact) mass is 442 g/mol. The molecule has 4 rings (SSSR count). The van der Waals surface area contributed by atoms with E-state index in [0.29, 0.717) is 26.3 Å². The number of rotatable bonds is 7. The van der Waals surface area contributed by atoms with Crippen molar-refractivity contribution in [3.8, 4) is 0 Å². The molecule has 5 N–H and O–H groups in total. The van der Waals surface area contributed by atoms with Crippen LogP contribution in [0.15, 0.2) is 51.8 Å². The first-order valence-electron chi connectivity index (χ1n) is 10.8. The third kappa shape index (κ3) is 4.51. The summed E-state index contributed by atoms with van der Waals surface area (Å²) in [6.45, 7) is 3.86. The van der Waals surface area contributed by atoms with E-state index in [2.05, 4.69) is 26.3 Å². The normalized spacial score (nSPS) is 25.6. The van der Waals surface area contributed by atoms with Gasteiger partial charge in [-0.3, -0.25) is 16.3 Å². The lowest BCUT2D eigenvalue weighted by Gasteiger charge is -2.37. The fourth-order valence-corrected chi connectivity index (χ4v) is 4.38. The molecule has 3 heterocycles. The van der Waals surface area contributed by atoms with Gasteiger partial charge in [0.1, 0.15) is 6.54 Å². The number of hydrogen-bond acceptors (Lipinski definition) is 9. The van der Waals surface area contributed by atoms with Crippen LogP contribution in [0.25, 0.3) is 0 Å². The first-order valence-corrected chi connectivity index (χ1v) is 10.8. The number of carbonyl (C=O) groups excluding carboxylic acids is 1. The summed E-state index contributed by atoms with van der Waals surface area (Å²) in [5, 5.41) is 8.16. The van der Waals surface area contributed by atoms with E-state index in [1.807, 2.05) is 37.3 Å². The topological polar surface area (TPSA) is 137 Å². The van der Waals surface area contributed by atoms with E-state index in [1.54, 1.807) is 16.1 Å². The Kier molecular flexibility index (Phi) is 6.80. The average molecular weight is 443 g/mol. The molecule has 3 aliphatic heterocycles. The average Bonchev–Trinajstić information content (AvgIpc) is 3.11. The molecule has 2 amide bonds. The fourth-order valence-electron chi connectivity index (χ4n) is 4.38. The summed E-state index contributed by atoms with van der Waals surface area (Å²) < 4.78 is 5.41. The molecule has 2 unspecified atom stereocenters. The minimum absolute atomic E-state index is 0.0807. The summed E-state index contributed by atoms with van der Waals surface area (Å²) in [6, 6.07) is 9.56. The van der Waals surface area contributed by atoms with Crippen LogP contribution < -0.4 is 22.0 Å². The molecule has 3 aliphatic rings. The molecule has 1 fully saturated rings. The van der Waals surface area contributed by atoms with Gasteiger partial charge in [-0.15, -0.1) is 0 Å². The number of carbonyl (C=O) groups is 1. The Morgan fingerprint density at radius 2 is 2.12 bits per heavy atom. The van der Waals surface area contributed by atoms with Crippen molar-refractivity contribution in [2.45, 2.75) is 44.2 Å². The van der Waals surface area contributed by atoms with Gasteiger partial charge in [-0.1, -0.05) is 35.5 Å². The standard InChI is InChI=1S/C21H30N8O3/c1-21(14-25-31)17-12-23-19(29(22)16-7-9-32-10-8-16)26-18(17)13-28(21)20(30)27-24-11-15-5-3-2-4-6-15/h2-6,12,16,19,24,26H,7-11,13-14,22H2,1H3,(H,27,30). The zero-order chi connectivity index (χ0) is 22.6. The highest BCUT2D eigenvalue weighted by Gasteiger charge is 2.47. The predicted molar refractivity (Wildman–Crippen MR) is 120 cm³/mol. The number of amides is 2. The van der Waals surface area contributed by atoms with Crippen LogP contribution >= 0.6 is 0 Å². The van der Waals surface area contributed by atoms with E-state index < -0.39 is 11.8 Å². The molecular formula is C21H30N8O3. The van der Waals surface area contributed by atoms with E-state index in [-0.39, 0.29) is 18.6 Å². The van der Waals surface area contributed by atoms with Crippen molar-refractivity contribution in [1.82, 2.24) is 26.1 Å². The smallest absolute Gasteiger partial charge is 0.332 e. The molecule has 0 aliphatic carbocycles. The van der Waals surface area contributed by atoms with Crippen molar-refractivity contribution >= 4 is 12.2 Å². The zero-order valence-corrected chi connectivity index (χ0v) is 18.2. The van der Waals surface area contributed by atoms with Crippen molar-refractivity contribution in [2.75, 3.05) is 26.3 Å². The Hall–Kier alpha value is -2.86. The molecule has 0 bridgehead atoms. The summed E-state index contributed by atoms with van der Waals surface area (Å²) >= 11 is 0. The molecule has 1 saturated heterocycles. The molecule has 1 aromatic rings. The largest absolute Gasteiger partial charge is 0.381 e. The maximum Gasteiger partial charge on any atom is 0.332 e. The first-order chi connectivity index (χ1) is 15.5. The Bertz CT molecular complexity index is 886. The summed E-state index contributed by atoms with van der Waals surface area (Å²) in [6.07, 6.45) is 2.95. The van der Waals surface area contributed by atoms with Gasteiger partial charge >= 0.3 is 6.03 Å². The first kappa shape index (κ1) is 22.3. The number of aliphatic imine (C=N–C) groups is 1. The summed E-state index contributed by atoms with van der Waals surface area (Å²) in [5.74, 6) is 6.36. The van der Waals surface area contributed by atoms with Gasteiger partial charge in [0.2, 0.25) is 0 Å². The number of benzene rings is 1. The number of nitroso groups, excluding NO2 is 1. The van der Waals surface area contributed by atoms with Crippen LogP contribution in [-0.4, -0.2) is 66.3 Å². The predicted octanol–water partition coefficient (Wildman–Crippen LogP) is 0.808. The lowest BCUT2D eigenvalue weighted by Crippen LogP contribution is -2.56. The van der Waals surface area contributed by atoms with E-state index >= 15 is 0 Å². The highest BCUT2D eigenvalue weighted by atomic mass is 16.5. The van der Waals surface area contributed by atoms with Gasteiger partial charge in [-0.25, -0.2) is 15.2 Å². The SMILES string of the molecule is CC1(CN=O)C2=C(CN1C(=O)NNCc1ccccc1)NC(N(N)C1CCOCC1)N=C2. The van der Waals surface area contributed by atoms with Gasteiger partial charge in [0, 0.05) is 43.3 Å². The molecule has 11 heteroatoms. The number of ether oxygens (including phenoxy) is 1. The zero-order valence-electron chi connectivity index (χ0n) is 18.2. The second-order valence-corrected chi connectivity index (χ2v) is 8.40. The lowest BCUT2D eigenvalue weighted by molar-refractivity contribution is 0.0126. The van der Waals surface area contributed by atoms with Crippen molar-refractivity contribution in [2.24, 2.45) is 16.0 Å². The molecule has 11 nitrogen and oxygen atoms in total. The maximum atomic E-state index is 13.0. The molecule has 0 radical (unpaired) electrons. The van der Waals surface area contributed by atoms with Crippen LogP contribution in [0.1, 0.15) is 25.3 Å². The molecule has 2 atom stereocenters. The summed E-state index contributed by atoms with van der Waals surface area (Å²) in [4.78, 5) is 30.4. The van der Waals surface area contributed by atoms with Gasteiger partial charge in [-0.2, -0.15) is 4.91 Å². The van der Waals surface area contributed by atoms with Crippen LogP contribution in [0, 0.1) is 4.91 Å². The molecule has 32 heavy (non-hydrogen) atoms. The van der Waals surface area contributed by atoms with Crippen molar-refractivity contribution in [1.29, 1.82) is 0 Å². The maximum absolute atomic E-state index is 13.0. The molecule has 172 valence electrons. The van der Waals surface area contributed by atoms with Crippen LogP contribution in [-0.2, 0) is 11.3 Å². The highest BCUT2D eigenvalue weighted by Crippen LogP contribution is 2.35. The molecule has 0 aromatic heterocycles. The van der Waals surface area contributed by atoms with E-state index in [1.165, 1.54) is 0 Å². The molecule has 1 aromatic carbocycles. The Labute approximate surface area is 187 Å². The molecule has 0 spiro atoms. The van der Waals surface area contributed by atoms with E-state index in [0.717, 1.165) is 29.7 Å². The second kappa shape index (κ2) is 9.74. The van der Waals surface area contributed by atoms with Gasteiger partial charge in [0.05, 0.1) is 12.1 Å². The number of nitrogens with one attached hydrogen (secondary N) is 3. The van der Waals surface area contributed by atoms with Crippen molar-refractivity contribution in [3.63, 3.8) is 0 Å². The Balaban J connectivity index is 1.41. The van der Waals surface area contributed by atoms with Crippen LogP contribution in [0.4, 0.5) is 4.79 Å². The van der Waals surface area contributed by atoms with Gasteiger partial charge < -0.3 is 15.0 Å². The van der Waals surface area contributed by atoms with Gasteiger partial charge in [0.25, 0.3) is 0 Å². The number of hydrogen-bond donors (Lipinski definition) is 4. The fraction of sp³-hybridized carbons (Fsp3) is 0.524. The quantitative estimate of drug-likeness (QED) is 0.279. The Morgan fingerprint density at radius 1 is 1.38 bits per heavy atom. The molecular weight excluding hydrogens is 412 g/mol.